The van der Waals surface area contributed by atoms with Crippen LogP contribution in [0.25, 0.3) is 0 Å². The topological polar surface area (TPSA) is 93.5 Å². The highest BCUT2D eigenvalue weighted by Gasteiger charge is 2.84. The van der Waals surface area contributed by atoms with Gasteiger partial charge in [-0.15, -0.1) is 0 Å². The van der Waals surface area contributed by atoms with Gasteiger partial charge in [0, 0.05) is 30.3 Å². The Kier molecular flexibility index (Phi) is 3.98. The largest absolute Gasteiger partial charge is 0.465 e. The number of ketones is 1. The van der Waals surface area contributed by atoms with E-state index in [0.717, 1.165) is 19.3 Å². The third-order valence-corrected chi connectivity index (χ3v) is 5.71. The maximum absolute atomic E-state index is 12.7. The number of hydrogen-bond donors (Lipinski definition) is 0. The Hall–Kier alpha value is -2.16. The van der Waals surface area contributed by atoms with Crippen LogP contribution in [0.3, 0.4) is 0 Å². The van der Waals surface area contributed by atoms with Gasteiger partial charge >= 0.3 is 11.9 Å². The Labute approximate surface area is 140 Å². The van der Waals surface area contributed by atoms with Crippen molar-refractivity contribution in [1.82, 2.24) is 0 Å². The van der Waals surface area contributed by atoms with Gasteiger partial charge in [0.1, 0.15) is 0 Å². The molecule has 0 heterocycles. The van der Waals surface area contributed by atoms with Crippen LogP contribution in [-0.2, 0) is 23.9 Å². The van der Waals surface area contributed by atoms with Gasteiger partial charge in [-0.1, -0.05) is 18.9 Å². The summed E-state index contributed by atoms with van der Waals surface area (Å²) in [4.78, 5) is 36.5. The van der Waals surface area contributed by atoms with Gasteiger partial charge in [0.2, 0.25) is 0 Å². The molecule has 4 atom stereocenters. The smallest absolute Gasteiger partial charge is 0.327 e. The number of nitriles is 1. The molecule has 0 amide bonds. The van der Waals surface area contributed by atoms with Crippen molar-refractivity contribution in [3.63, 3.8) is 0 Å². The fourth-order valence-corrected chi connectivity index (χ4v) is 4.84. The maximum Gasteiger partial charge on any atom is 0.327 e. The molecular formula is C18H21NO5. The molecule has 2 saturated carbocycles. The Morgan fingerprint density at radius 1 is 1.42 bits per heavy atom. The zero-order chi connectivity index (χ0) is 17.5. The number of hydrogen-bond acceptors (Lipinski definition) is 6. The molecule has 3 rings (SSSR count). The second kappa shape index (κ2) is 5.73. The zero-order valence-corrected chi connectivity index (χ0v) is 14.0. The van der Waals surface area contributed by atoms with Crippen LogP contribution in [0.2, 0.25) is 0 Å². The monoisotopic (exact) mass is 331 g/mol. The highest BCUT2D eigenvalue weighted by atomic mass is 16.5. The number of rotatable bonds is 4. The molecule has 24 heavy (non-hydrogen) atoms. The molecule has 2 fully saturated rings. The Morgan fingerprint density at radius 3 is 2.79 bits per heavy atom. The predicted molar refractivity (Wildman–Crippen MR) is 82.3 cm³/mol. The average Bonchev–Trinajstić information content (AvgIpc) is 3.02. The van der Waals surface area contributed by atoms with Gasteiger partial charge in [-0.2, -0.15) is 5.26 Å². The third kappa shape index (κ3) is 1.97. The summed E-state index contributed by atoms with van der Waals surface area (Å²) in [6.07, 6.45) is 4.39. The molecule has 0 saturated heterocycles. The van der Waals surface area contributed by atoms with Crippen molar-refractivity contribution in [1.29, 1.82) is 5.26 Å². The quantitative estimate of drug-likeness (QED) is 0.732. The lowest BCUT2D eigenvalue weighted by Crippen LogP contribution is -2.31. The molecule has 0 aromatic carbocycles. The average molecular weight is 331 g/mol. The van der Waals surface area contributed by atoms with Crippen molar-refractivity contribution in [2.45, 2.75) is 52.1 Å². The van der Waals surface area contributed by atoms with E-state index < -0.39 is 28.9 Å². The molecule has 3 aliphatic rings. The summed E-state index contributed by atoms with van der Waals surface area (Å²) in [6.45, 7) is 3.18. The summed E-state index contributed by atoms with van der Waals surface area (Å²) in [5.74, 6) is -1.48. The summed E-state index contributed by atoms with van der Waals surface area (Å²) >= 11 is 0. The summed E-state index contributed by atoms with van der Waals surface area (Å²) in [6, 6.07) is 2.20. The number of fused-ring (bicyclic) bond motifs is 1. The van der Waals surface area contributed by atoms with Gasteiger partial charge in [-0.3, -0.25) is 14.4 Å². The summed E-state index contributed by atoms with van der Waals surface area (Å²) in [7, 11) is 0. The van der Waals surface area contributed by atoms with Crippen LogP contribution in [-0.4, -0.2) is 30.4 Å². The van der Waals surface area contributed by atoms with Crippen LogP contribution in [0.15, 0.2) is 11.6 Å². The minimum Gasteiger partial charge on any atom is -0.465 e. The van der Waals surface area contributed by atoms with Gasteiger partial charge in [0.05, 0.1) is 12.7 Å². The summed E-state index contributed by atoms with van der Waals surface area (Å²) < 4.78 is 10.3. The van der Waals surface area contributed by atoms with Crippen molar-refractivity contribution in [2.24, 2.45) is 16.7 Å². The van der Waals surface area contributed by atoms with Crippen molar-refractivity contribution in [3.05, 3.63) is 11.6 Å². The number of carbonyl (C=O) groups is 3. The van der Waals surface area contributed by atoms with E-state index in [4.69, 9.17) is 9.47 Å². The van der Waals surface area contributed by atoms with Gasteiger partial charge in [0.15, 0.2) is 17.3 Å². The van der Waals surface area contributed by atoms with Crippen molar-refractivity contribution in [3.8, 4) is 6.07 Å². The van der Waals surface area contributed by atoms with Crippen LogP contribution in [0.4, 0.5) is 0 Å². The van der Waals surface area contributed by atoms with Gasteiger partial charge in [-0.05, 0) is 19.8 Å². The normalized spacial score (nSPS) is 37.0. The first-order chi connectivity index (χ1) is 11.5. The fourth-order valence-electron chi connectivity index (χ4n) is 4.84. The lowest BCUT2D eigenvalue weighted by atomic mass is 9.78. The molecule has 6 heteroatoms. The molecule has 0 N–H and O–H groups in total. The van der Waals surface area contributed by atoms with Crippen LogP contribution < -0.4 is 0 Å². The minimum atomic E-state index is -1.27. The molecule has 6 nitrogen and oxygen atoms in total. The zero-order valence-electron chi connectivity index (χ0n) is 14.0. The van der Waals surface area contributed by atoms with Crippen LogP contribution in [0, 0.1) is 28.1 Å². The highest BCUT2D eigenvalue weighted by molar-refractivity contribution is 6.06. The first kappa shape index (κ1) is 16.7. The second-order valence-electron chi connectivity index (χ2n) is 6.73. The van der Waals surface area contributed by atoms with E-state index in [1.165, 1.54) is 6.92 Å². The second-order valence-corrected chi connectivity index (χ2v) is 6.73. The number of ether oxygens (including phenoxy) is 2. The van der Waals surface area contributed by atoms with E-state index in [0.29, 0.717) is 18.4 Å². The van der Waals surface area contributed by atoms with Gasteiger partial charge in [-0.25, -0.2) is 0 Å². The van der Waals surface area contributed by atoms with E-state index in [2.05, 4.69) is 6.07 Å². The van der Waals surface area contributed by atoms with E-state index in [9.17, 15) is 19.6 Å². The first-order valence-corrected chi connectivity index (χ1v) is 8.46. The van der Waals surface area contributed by atoms with Crippen molar-refractivity contribution >= 4 is 17.7 Å². The molecule has 0 aromatic heterocycles. The summed E-state index contributed by atoms with van der Waals surface area (Å²) in [5.41, 5.74) is -1.54. The SMILES string of the molecule is CCOC(=O)C1(C#N)C2CCCCC21C1=CCC(OC(C)=O)C1=O. The van der Waals surface area contributed by atoms with E-state index in [1.807, 2.05) is 0 Å². The van der Waals surface area contributed by atoms with E-state index in [1.54, 1.807) is 13.0 Å². The predicted octanol–water partition coefficient (Wildman–Crippen LogP) is 2.08. The Bertz CT molecular complexity index is 675. The molecule has 0 aliphatic heterocycles. The molecule has 0 bridgehead atoms. The molecule has 0 aromatic rings. The van der Waals surface area contributed by atoms with Crippen molar-refractivity contribution < 1.29 is 23.9 Å². The molecule has 4 unspecified atom stereocenters. The molecule has 128 valence electrons. The number of Topliss-reactive ketones (excluding diaryl/α,β-unsaturated/α-hetero) is 1. The standard InChI is InChI=1S/C18H21NO5/c1-3-23-16(22)18(10-19)14-6-4-5-9-17(14,18)12-7-8-13(15(12)21)24-11(2)20/h7,13-14H,3-6,8-9H2,1-2H3. The van der Waals surface area contributed by atoms with Gasteiger partial charge < -0.3 is 9.47 Å². The van der Waals surface area contributed by atoms with Crippen molar-refractivity contribution in [2.75, 3.05) is 6.61 Å². The maximum atomic E-state index is 12.7. The Balaban J connectivity index is 1.96. The molecule has 0 radical (unpaired) electrons. The molecular weight excluding hydrogens is 310 g/mol. The number of carbonyl (C=O) groups excluding carboxylic acids is 3. The van der Waals surface area contributed by atoms with Crippen LogP contribution in [0.5, 0.6) is 0 Å². The third-order valence-electron chi connectivity index (χ3n) is 5.71. The molecule has 3 aliphatic carbocycles. The Morgan fingerprint density at radius 2 is 2.17 bits per heavy atom. The first-order valence-electron chi connectivity index (χ1n) is 8.46. The molecule has 0 spiro atoms. The van der Waals surface area contributed by atoms with E-state index in [-0.39, 0.29) is 18.3 Å². The van der Waals surface area contributed by atoms with Crippen LogP contribution in [0.1, 0.15) is 46.0 Å². The number of nitrogens with zero attached hydrogens (tertiary/aromatic N) is 1. The van der Waals surface area contributed by atoms with E-state index >= 15 is 0 Å². The fraction of sp³-hybridized carbons (Fsp3) is 0.667. The minimum absolute atomic E-state index is 0.186. The lowest BCUT2D eigenvalue weighted by Gasteiger charge is -2.24. The van der Waals surface area contributed by atoms with Crippen LogP contribution >= 0.6 is 0 Å². The van der Waals surface area contributed by atoms with Gasteiger partial charge in [0.25, 0.3) is 0 Å². The number of esters is 2. The lowest BCUT2D eigenvalue weighted by molar-refractivity contribution is -0.151. The highest BCUT2D eigenvalue weighted by Crippen LogP contribution is 2.79. The summed E-state index contributed by atoms with van der Waals surface area (Å²) in [5, 5.41) is 9.83.